The number of H-pyrrole nitrogens is 1. The number of amides is 1. The fraction of sp³-hybridized carbons (Fsp3) is 0.273. The van der Waals surface area contributed by atoms with Crippen LogP contribution in [-0.2, 0) is 12.0 Å². The van der Waals surface area contributed by atoms with E-state index < -0.39 is 0 Å². The van der Waals surface area contributed by atoms with Crippen molar-refractivity contribution in [2.24, 2.45) is 0 Å². The zero-order valence-corrected chi connectivity index (χ0v) is 16.2. The maximum absolute atomic E-state index is 13.5. The average Bonchev–Trinajstić information content (AvgIpc) is 3.48. The summed E-state index contributed by atoms with van der Waals surface area (Å²) in [5.41, 5.74) is 2.67. The maximum atomic E-state index is 13.5. The van der Waals surface area contributed by atoms with Crippen LogP contribution in [0.4, 0.5) is 0 Å². The molecule has 0 spiro atoms. The van der Waals surface area contributed by atoms with Crippen LogP contribution in [0.25, 0.3) is 10.9 Å². The number of rotatable bonds is 4. The van der Waals surface area contributed by atoms with Crippen LogP contribution in [0.2, 0.25) is 0 Å². The molecule has 1 aliphatic heterocycles. The molecular formula is C22H22N6O. The van der Waals surface area contributed by atoms with E-state index in [0.717, 1.165) is 17.3 Å². The Bertz CT molecular complexity index is 1150. The summed E-state index contributed by atoms with van der Waals surface area (Å²) in [6, 6.07) is 20.4. The molecule has 1 unspecified atom stereocenters. The number of carbonyl (C=O) groups excluding carboxylic acids is 1. The van der Waals surface area contributed by atoms with Crippen molar-refractivity contribution in [3.8, 4) is 0 Å². The van der Waals surface area contributed by atoms with Gasteiger partial charge in [0.1, 0.15) is 5.69 Å². The Labute approximate surface area is 168 Å². The molecule has 1 atom stereocenters. The molecule has 1 fully saturated rings. The van der Waals surface area contributed by atoms with Crippen LogP contribution in [0, 0.1) is 0 Å². The van der Waals surface area contributed by atoms with Crippen molar-refractivity contribution >= 4 is 16.8 Å². The summed E-state index contributed by atoms with van der Waals surface area (Å²) in [6.45, 7) is 4.00. The van der Waals surface area contributed by atoms with E-state index in [-0.39, 0.29) is 11.3 Å². The average molecular weight is 386 g/mol. The number of hydrogen-bond acceptors (Lipinski definition) is 4. The molecule has 3 heterocycles. The molecule has 2 aromatic heterocycles. The van der Waals surface area contributed by atoms with E-state index in [9.17, 15) is 4.79 Å². The lowest BCUT2D eigenvalue weighted by Gasteiger charge is -2.22. The number of carbonyl (C=O) groups is 1. The minimum absolute atomic E-state index is 0.0457. The topological polar surface area (TPSA) is 79.7 Å². The van der Waals surface area contributed by atoms with Gasteiger partial charge in [-0.25, -0.2) is 0 Å². The second kappa shape index (κ2) is 6.84. The summed E-state index contributed by atoms with van der Waals surface area (Å²) in [5.74, 6) is 0.710. The molecule has 4 aromatic rings. The third-order valence-corrected chi connectivity index (χ3v) is 5.86. The summed E-state index contributed by atoms with van der Waals surface area (Å²) < 4.78 is 2.12. The summed E-state index contributed by atoms with van der Waals surface area (Å²) >= 11 is 0. The number of benzene rings is 2. The van der Waals surface area contributed by atoms with Gasteiger partial charge in [0, 0.05) is 30.5 Å². The Hall–Kier alpha value is -3.48. The SMILES string of the molecule is CC1(c2nn[nH]n2)CCN(C(=O)c2cc3ccccc3n2Cc2ccccc2)C1. The van der Waals surface area contributed by atoms with Crippen LogP contribution in [0.3, 0.4) is 0 Å². The van der Waals surface area contributed by atoms with Crippen molar-refractivity contribution in [3.63, 3.8) is 0 Å². The Morgan fingerprint density at radius 1 is 1.14 bits per heavy atom. The Morgan fingerprint density at radius 2 is 1.93 bits per heavy atom. The molecular weight excluding hydrogens is 364 g/mol. The highest BCUT2D eigenvalue weighted by Gasteiger charge is 2.41. The van der Waals surface area contributed by atoms with Crippen LogP contribution in [0.5, 0.6) is 0 Å². The minimum atomic E-state index is -0.279. The van der Waals surface area contributed by atoms with Crippen LogP contribution in [0.15, 0.2) is 60.7 Å². The molecule has 0 aliphatic carbocycles. The molecule has 1 saturated heterocycles. The van der Waals surface area contributed by atoms with E-state index in [4.69, 9.17) is 0 Å². The van der Waals surface area contributed by atoms with Gasteiger partial charge in [-0.3, -0.25) is 4.79 Å². The van der Waals surface area contributed by atoms with Gasteiger partial charge < -0.3 is 9.47 Å². The number of aromatic amines is 1. The Morgan fingerprint density at radius 3 is 2.72 bits per heavy atom. The highest BCUT2D eigenvalue weighted by molar-refractivity contribution is 5.99. The number of para-hydroxylation sites is 1. The van der Waals surface area contributed by atoms with Crippen molar-refractivity contribution in [1.29, 1.82) is 0 Å². The first kappa shape index (κ1) is 17.6. The molecule has 0 saturated carbocycles. The monoisotopic (exact) mass is 386 g/mol. The van der Waals surface area contributed by atoms with Gasteiger partial charge in [0.05, 0.1) is 5.41 Å². The summed E-state index contributed by atoms with van der Waals surface area (Å²) in [6.07, 6.45) is 0.817. The quantitative estimate of drug-likeness (QED) is 0.585. The lowest BCUT2D eigenvalue weighted by atomic mass is 9.89. The van der Waals surface area contributed by atoms with E-state index in [0.29, 0.717) is 31.2 Å². The van der Waals surface area contributed by atoms with E-state index >= 15 is 0 Å². The molecule has 1 amide bonds. The first-order chi connectivity index (χ1) is 14.1. The van der Waals surface area contributed by atoms with Crippen LogP contribution in [-0.4, -0.2) is 49.1 Å². The van der Waals surface area contributed by atoms with Crippen molar-refractivity contribution in [3.05, 3.63) is 77.7 Å². The number of nitrogens with zero attached hydrogens (tertiary/aromatic N) is 5. The molecule has 0 bridgehead atoms. The summed E-state index contributed by atoms with van der Waals surface area (Å²) in [4.78, 5) is 15.4. The standard InChI is InChI=1S/C22H22N6O/c1-22(21-23-25-26-24-21)11-12-27(15-22)20(29)19-13-17-9-5-6-10-18(17)28(19)14-16-7-3-2-4-8-16/h2-10,13H,11-12,14-15H2,1H3,(H,23,24,25,26). The van der Waals surface area contributed by atoms with Gasteiger partial charge >= 0.3 is 0 Å². The molecule has 7 nitrogen and oxygen atoms in total. The molecule has 29 heavy (non-hydrogen) atoms. The van der Waals surface area contributed by atoms with Gasteiger partial charge in [-0.1, -0.05) is 60.7 Å². The van der Waals surface area contributed by atoms with Crippen LogP contribution < -0.4 is 0 Å². The molecule has 1 N–H and O–H groups in total. The lowest BCUT2D eigenvalue weighted by Crippen LogP contribution is -2.34. The van der Waals surface area contributed by atoms with Gasteiger partial charge in [-0.05, 0) is 24.1 Å². The third kappa shape index (κ3) is 3.08. The third-order valence-electron chi connectivity index (χ3n) is 5.86. The maximum Gasteiger partial charge on any atom is 0.270 e. The molecule has 146 valence electrons. The number of aromatic nitrogens is 5. The van der Waals surface area contributed by atoms with E-state index in [1.54, 1.807) is 0 Å². The van der Waals surface area contributed by atoms with E-state index in [1.807, 2.05) is 41.3 Å². The molecule has 0 radical (unpaired) electrons. The zero-order chi connectivity index (χ0) is 19.8. The highest BCUT2D eigenvalue weighted by atomic mass is 16.2. The summed E-state index contributed by atoms with van der Waals surface area (Å²) in [5, 5.41) is 15.6. The van der Waals surface area contributed by atoms with Gasteiger partial charge in [0.15, 0.2) is 5.82 Å². The molecule has 2 aromatic carbocycles. The number of nitrogens with one attached hydrogen (secondary N) is 1. The fourth-order valence-electron chi connectivity index (χ4n) is 4.22. The largest absolute Gasteiger partial charge is 0.336 e. The fourth-order valence-corrected chi connectivity index (χ4v) is 4.22. The van der Waals surface area contributed by atoms with Crippen molar-refractivity contribution in [2.75, 3.05) is 13.1 Å². The van der Waals surface area contributed by atoms with Crippen molar-refractivity contribution < 1.29 is 4.79 Å². The van der Waals surface area contributed by atoms with E-state index in [1.165, 1.54) is 5.56 Å². The second-order valence-corrected chi connectivity index (χ2v) is 7.93. The first-order valence-electron chi connectivity index (χ1n) is 9.79. The lowest BCUT2D eigenvalue weighted by molar-refractivity contribution is 0.0774. The number of likely N-dealkylation sites (tertiary alicyclic amines) is 1. The van der Waals surface area contributed by atoms with Crippen molar-refractivity contribution in [1.82, 2.24) is 30.1 Å². The van der Waals surface area contributed by atoms with Gasteiger partial charge in [0.25, 0.3) is 5.91 Å². The highest BCUT2D eigenvalue weighted by Crippen LogP contribution is 2.33. The van der Waals surface area contributed by atoms with Crippen LogP contribution >= 0.6 is 0 Å². The smallest absolute Gasteiger partial charge is 0.270 e. The minimum Gasteiger partial charge on any atom is -0.336 e. The molecule has 1 aliphatic rings. The van der Waals surface area contributed by atoms with Crippen molar-refractivity contribution in [2.45, 2.75) is 25.3 Å². The Kier molecular flexibility index (Phi) is 4.16. The predicted molar refractivity (Wildman–Crippen MR) is 110 cm³/mol. The van der Waals surface area contributed by atoms with Gasteiger partial charge in [-0.15, -0.1) is 10.2 Å². The van der Waals surface area contributed by atoms with Gasteiger partial charge in [-0.2, -0.15) is 5.21 Å². The van der Waals surface area contributed by atoms with Crippen LogP contribution in [0.1, 0.15) is 35.2 Å². The molecule has 7 heteroatoms. The van der Waals surface area contributed by atoms with Gasteiger partial charge in [0.2, 0.25) is 0 Å². The number of fused-ring (bicyclic) bond motifs is 1. The number of hydrogen-bond donors (Lipinski definition) is 1. The summed E-state index contributed by atoms with van der Waals surface area (Å²) in [7, 11) is 0. The zero-order valence-electron chi connectivity index (χ0n) is 16.2. The predicted octanol–water partition coefficient (Wildman–Crippen LogP) is 3.01. The Balaban J connectivity index is 1.50. The first-order valence-corrected chi connectivity index (χ1v) is 9.79. The molecule has 5 rings (SSSR count). The normalized spacial score (nSPS) is 19.1. The second-order valence-electron chi connectivity index (χ2n) is 7.93. The van der Waals surface area contributed by atoms with E-state index in [2.05, 4.69) is 56.4 Å². The number of tetrazole rings is 1.